The van der Waals surface area contributed by atoms with Gasteiger partial charge in [-0.15, -0.1) is 0 Å². The number of ether oxygens (including phenoxy) is 1. The average Bonchev–Trinajstić information content (AvgIpc) is 2.62. The molecule has 0 unspecified atom stereocenters. The van der Waals surface area contributed by atoms with Crippen LogP contribution in [-0.2, 0) is 4.74 Å². The van der Waals surface area contributed by atoms with E-state index in [4.69, 9.17) is 4.74 Å². The van der Waals surface area contributed by atoms with Gasteiger partial charge in [-0.3, -0.25) is 10.4 Å². The molecule has 1 amide bonds. The number of nitrogens with one attached hydrogen (secondary N) is 2. The van der Waals surface area contributed by atoms with E-state index in [9.17, 15) is 4.79 Å². The molecule has 0 aliphatic rings. The molecule has 1 aromatic heterocycles. The van der Waals surface area contributed by atoms with Crippen molar-refractivity contribution < 1.29 is 9.53 Å². The molecule has 0 saturated carbocycles. The van der Waals surface area contributed by atoms with E-state index in [1.165, 1.54) is 0 Å². The van der Waals surface area contributed by atoms with Gasteiger partial charge in [0, 0.05) is 9.86 Å². The van der Waals surface area contributed by atoms with Crippen molar-refractivity contribution in [2.45, 2.75) is 26.4 Å². The minimum atomic E-state index is -0.518. The van der Waals surface area contributed by atoms with Crippen LogP contribution in [0.15, 0.2) is 22.8 Å². The van der Waals surface area contributed by atoms with E-state index in [1.807, 2.05) is 32.9 Å². The summed E-state index contributed by atoms with van der Waals surface area (Å²) in [5.41, 5.74) is 1.03. The Hall–Kier alpha value is -1.56. The fourth-order valence-electron chi connectivity index (χ4n) is 1.47. The van der Waals surface area contributed by atoms with Crippen LogP contribution in [0.2, 0.25) is 0 Å². The van der Waals surface area contributed by atoms with Crippen molar-refractivity contribution in [2.24, 2.45) is 0 Å². The van der Waals surface area contributed by atoms with Crippen LogP contribution in [0.5, 0.6) is 0 Å². The summed E-state index contributed by atoms with van der Waals surface area (Å²) >= 11 is 3.39. The molecule has 2 N–H and O–H groups in total. The Balaban J connectivity index is 2.20. The lowest BCUT2D eigenvalue weighted by molar-refractivity contribution is 0.0636. The summed E-state index contributed by atoms with van der Waals surface area (Å²) < 4.78 is 5.96. The average molecular weight is 312 g/mol. The highest BCUT2D eigenvalue weighted by atomic mass is 79.9. The molecule has 5 nitrogen and oxygen atoms in total. The first-order chi connectivity index (χ1) is 8.35. The summed E-state index contributed by atoms with van der Waals surface area (Å²) in [7, 11) is 0. The van der Waals surface area contributed by atoms with Gasteiger partial charge < -0.3 is 4.74 Å². The number of fused-ring (bicyclic) bond motifs is 1. The van der Waals surface area contributed by atoms with Gasteiger partial charge in [-0.2, -0.15) is 5.10 Å². The Kier molecular flexibility index (Phi) is 3.30. The number of amides is 1. The molecule has 0 aliphatic carbocycles. The first-order valence-electron chi connectivity index (χ1n) is 5.48. The molecular formula is C12H14BrN3O2. The monoisotopic (exact) mass is 311 g/mol. The molecule has 0 bridgehead atoms. The molecule has 2 aromatic rings. The summed E-state index contributed by atoms with van der Waals surface area (Å²) in [6.07, 6.45) is 1.22. The number of H-pyrrole nitrogens is 1. The van der Waals surface area contributed by atoms with Crippen molar-refractivity contribution in [1.82, 2.24) is 10.2 Å². The minimum absolute atomic E-state index is 0.481. The Bertz CT molecular complexity index is 587. The predicted molar refractivity (Wildman–Crippen MR) is 73.7 cm³/mol. The van der Waals surface area contributed by atoms with Gasteiger partial charge in [-0.05, 0) is 48.8 Å². The molecule has 1 aromatic carbocycles. The van der Waals surface area contributed by atoms with E-state index >= 15 is 0 Å². The van der Waals surface area contributed by atoms with Crippen molar-refractivity contribution >= 4 is 38.6 Å². The van der Waals surface area contributed by atoms with E-state index in [0.29, 0.717) is 5.69 Å². The predicted octanol–water partition coefficient (Wildman–Crippen LogP) is 3.67. The lowest BCUT2D eigenvalue weighted by Crippen LogP contribution is -2.27. The van der Waals surface area contributed by atoms with E-state index in [-0.39, 0.29) is 0 Å². The zero-order chi connectivity index (χ0) is 13.3. The number of aromatic nitrogens is 2. The van der Waals surface area contributed by atoms with E-state index in [2.05, 4.69) is 31.4 Å². The largest absolute Gasteiger partial charge is 0.444 e. The highest BCUT2D eigenvalue weighted by Crippen LogP contribution is 2.27. The fourth-order valence-corrected chi connectivity index (χ4v) is 1.92. The molecule has 1 heterocycles. The van der Waals surface area contributed by atoms with Crippen LogP contribution in [0.3, 0.4) is 0 Å². The maximum absolute atomic E-state index is 11.7. The van der Waals surface area contributed by atoms with Crippen LogP contribution >= 0.6 is 15.9 Å². The Morgan fingerprint density at radius 3 is 2.83 bits per heavy atom. The van der Waals surface area contributed by atoms with Gasteiger partial charge in [0.1, 0.15) is 5.60 Å². The molecule has 18 heavy (non-hydrogen) atoms. The lowest BCUT2D eigenvalue weighted by Gasteiger charge is -2.20. The first kappa shape index (κ1) is 12.9. The van der Waals surface area contributed by atoms with Crippen LogP contribution in [0.4, 0.5) is 10.5 Å². The third kappa shape index (κ3) is 3.01. The summed E-state index contributed by atoms with van der Waals surface area (Å²) in [6.45, 7) is 5.46. The first-order valence-corrected chi connectivity index (χ1v) is 6.27. The maximum atomic E-state index is 11.7. The standard InChI is InChI=1S/C12H14BrN3O2/c1-12(2,3)18-11(17)15-10-4-7-6-14-16-9(7)5-8(10)13/h4-6H,1-3H3,(H,14,16)(H,15,17). The third-order valence-electron chi connectivity index (χ3n) is 2.16. The smallest absolute Gasteiger partial charge is 0.412 e. The number of aromatic amines is 1. The number of carbonyl (C=O) groups is 1. The molecule has 0 fully saturated rings. The highest BCUT2D eigenvalue weighted by molar-refractivity contribution is 9.10. The lowest BCUT2D eigenvalue weighted by atomic mass is 10.2. The van der Waals surface area contributed by atoms with Crippen LogP contribution in [-0.4, -0.2) is 21.9 Å². The van der Waals surface area contributed by atoms with Gasteiger partial charge >= 0.3 is 6.09 Å². The second kappa shape index (κ2) is 4.61. The maximum Gasteiger partial charge on any atom is 0.412 e. The molecule has 0 saturated heterocycles. The molecule has 0 spiro atoms. The van der Waals surface area contributed by atoms with Crippen molar-refractivity contribution in [2.75, 3.05) is 5.32 Å². The zero-order valence-corrected chi connectivity index (χ0v) is 12.0. The van der Waals surface area contributed by atoms with E-state index < -0.39 is 11.7 Å². The van der Waals surface area contributed by atoms with Crippen LogP contribution in [0, 0.1) is 0 Å². The molecule has 6 heteroatoms. The SMILES string of the molecule is CC(C)(C)OC(=O)Nc1cc2cn[nH]c2cc1Br. The number of anilines is 1. The third-order valence-corrected chi connectivity index (χ3v) is 2.82. The van der Waals surface area contributed by atoms with Crippen molar-refractivity contribution in [3.8, 4) is 0 Å². The Labute approximate surface area is 113 Å². The summed E-state index contributed by atoms with van der Waals surface area (Å²) in [5.74, 6) is 0. The number of nitrogens with zero attached hydrogens (tertiary/aromatic N) is 1. The van der Waals surface area contributed by atoms with E-state index in [1.54, 1.807) is 6.20 Å². The normalized spacial score (nSPS) is 11.6. The van der Waals surface area contributed by atoms with E-state index in [0.717, 1.165) is 15.4 Å². The minimum Gasteiger partial charge on any atom is -0.444 e. The molecule has 0 atom stereocenters. The molecule has 0 aliphatic heterocycles. The van der Waals surface area contributed by atoms with Gasteiger partial charge in [0.05, 0.1) is 17.4 Å². The van der Waals surface area contributed by atoms with Crippen molar-refractivity contribution in [1.29, 1.82) is 0 Å². The van der Waals surface area contributed by atoms with Gasteiger partial charge in [0.15, 0.2) is 0 Å². The summed E-state index contributed by atoms with van der Waals surface area (Å²) in [4.78, 5) is 11.7. The molecule has 2 rings (SSSR count). The number of hydrogen-bond donors (Lipinski definition) is 2. The molecular weight excluding hydrogens is 298 g/mol. The second-order valence-electron chi connectivity index (χ2n) is 4.92. The fraction of sp³-hybridized carbons (Fsp3) is 0.333. The number of benzene rings is 1. The number of rotatable bonds is 1. The number of hydrogen-bond acceptors (Lipinski definition) is 3. The quantitative estimate of drug-likeness (QED) is 0.844. The number of halogens is 1. The Morgan fingerprint density at radius 1 is 1.44 bits per heavy atom. The Morgan fingerprint density at radius 2 is 2.17 bits per heavy atom. The topological polar surface area (TPSA) is 67.0 Å². The summed E-state index contributed by atoms with van der Waals surface area (Å²) in [6, 6.07) is 3.68. The van der Waals surface area contributed by atoms with Crippen LogP contribution < -0.4 is 5.32 Å². The molecule has 96 valence electrons. The number of carbonyl (C=O) groups excluding carboxylic acids is 1. The van der Waals surface area contributed by atoms with Gasteiger partial charge in [-0.1, -0.05) is 0 Å². The van der Waals surface area contributed by atoms with Gasteiger partial charge in [0.2, 0.25) is 0 Å². The van der Waals surface area contributed by atoms with Crippen molar-refractivity contribution in [3.63, 3.8) is 0 Å². The van der Waals surface area contributed by atoms with Crippen LogP contribution in [0.25, 0.3) is 10.9 Å². The van der Waals surface area contributed by atoms with Gasteiger partial charge in [-0.25, -0.2) is 4.79 Å². The summed E-state index contributed by atoms with van der Waals surface area (Å²) in [5, 5.41) is 10.4. The zero-order valence-electron chi connectivity index (χ0n) is 10.4. The van der Waals surface area contributed by atoms with Crippen LogP contribution in [0.1, 0.15) is 20.8 Å². The second-order valence-corrected chi connectivity index (χ2v) is 5.77. The highest BCUT2D eigenvalue weighted by Gasteiger charge is 2.17. The molecule has 0 radical (unpaired) electrons. The van der Waals surface area contributed by atoms with Gasteiger partial charge in [0.25, 0.3) is 0 Å². The van der Waals surface area contributed by atoms with Crippen molar-refractivity contribution in [3.05, 3.63) is 22.8 Å².